The van der Waals surface area contributed by atoms with Gasteiger partial charge in [-0.15, -0.1) is 0 Å². The molecule has 0 saturated heterocycles. The van der Waals surface area contributed by atoms with Crippen molar-refractivity contribution in [2.24, 2.45) is 0 Å². The molecule has 0 bridgehead atoms. The molecular formula is C16H19N3O2. The normalized spacial score (nSPS) is 10.3. The number of hydrogen-bond acceptors (Lipinski definition) is 3. The molecule has 5 heteroatoms. The average Bonchev–Trinajstić information content (AvgIpc) is 2.45. The molecule has 0 aliphatic rings. The lowest BCUT2D eigenvalue weighted by molar-refractivity contribution is 0.262. The average molecular weight is 285 g/mol. The molecule has 0 saturated carbocycles. The molecule has 0 unspecified atom stereocenters. The van der Waals surface area contributed by atoms with Gasteiger partial charge in [0, 0.05) is 5.69 Å². The maximum Gasteiger partial charge on any atom is 0.324 e. The minimum absolute atomic E-state index is 0.164. The number of benzene rings is 1. The van der Waals surface area contributed by atoms with Gasteiger partial charge >= 0.3 is 6.03 Å². The van der Waals surface area contributed by atoms with Crippen LogP contribution in [0, 0.1) is 27.7 Å². The number of urea groups is 1. The third-order valence-electron chi connectivity index (χ3n) is 3.44. The van der Waals surface area contributed by atoms with Crippen LogP contribution in [0.15, 0.2) is 24.3 Å². The summed E-state index contributed by atoms with van der Waals surface area (Å²) in [7, 11) is 0. The van der Waals surface area contributed by atoms with E-state index in [4.69, 9.17) is 0 Å². The van der Waals surface area contributed by atoms with Gasteiger partial charge in [-0.2, -0.15) is 0 Å². The second-order valence-electron chi connectivity index (χ2n) is 5.09. The van der Waals surface area contributed by atoms with E-state index in [2.05, 4.69) is 15.6 Å². The van der Waals surface area contributed by atoms with Crippen LogP contribution >= 0.6 is 0 Å². The second-order valence-corrected chi connectivity index (χ2v) is 5.09. The minimum Gasteiger partial charge on any atom is -0.506 e. The second kappa shape index (κ2) is 5.83. The molecule has 1 aromatic carbocycles. The van der Waals surface area contributed by atoms with Crippen LogP contribution in [0.5, 0.6) is 5.75 Å². The van der Waals surface area contributed by atoms with Gasteiger partial charge in [-0.3, -0.25) is 5.32 Å². The highest BCUT2D eigenvalue weighted by atomic mass is 16.3. The lowest BCUT2D eigenvalue weighted by atomic mass is 10.1. The van der Waals surface area contributed by atoms with Crippen LogP contribution < -0.4 is 10.6 Å². The topological polar surface area (TPSA) is 74.2 Å². The number of nitrogens with zero attached hydrogens (tertiary/aromatic N) is 1. The molecule has 0 spiro atoms. The van der Waals surface area contributed by atoms with Crippen molar-refractivity contribution in [1.29, 1.82) is 0 Å². The quantitative estimate of drug-likeness (QED) is 0.788. The molecule has 1 heterocycles. The van der Waals surface area contributed by atoms with Crippen molar-refractivity contribution < 1.29 is 9.90 Å². The number of aromatic hydroxyl groups is 1. The Balaban J connectivity index is 2.15. The number of rotatable bonds is 2. The summed E-state index contributed by atoms with van der Waals surface area (Å²) in [4.78, 5) is 16.2. The molecular weight excluding hydrogens is 266 g/mol. The van der Waals surface area contributed by atoms with E-state index in [0.717, 1.165) is 11.1 Å². The van der Waals surface area contributed by atoms with Crippen LogP contribution in [0.4, 0.5) is 16.3 Å². The third kappa shape index (κ3) is 3.31. The van der Waals surface area contributed by atoms with Crippen molar-refractivity contribution >= 4 is 17.5 Å². The number of amides is 2. The van der Waals surface area contributed by atoms with Gasteiger partial charge in [-0.25, -0.2) is 9.78 Å². The highest BCUT2D eigenvalue weighted by Crippen LogP contribution is 2.27. The summed E-state index contributed by atoms with van der Waals surface area (Å²) >= 11 is 0. The smallest absolute Gasteiger partial charge is 0.324 e. The van der Waals surface area contributed by atoms with Gasteiger partial charge in [0.25, 0.3) is 0 Å². The number of aromatic nitrogens is 1. The molecule has 2 amide bonds. The van der Waals surface area contributed by atoms with Gasteiger partial charge in [0.1, 0.15) is 11.6 Å². The van der Waals surface area contributed by atoms with Crippen molar-refractivity contribution in [2.45, 2.75) is 27.7 Å². The van der Waals surface area contributed by atoms with E-state index in [1.54, 1.807) is 13.8 Å². The van der Waals surface area contributed by atoms with E-state index in [1.807, 2.05) is 38.1 Å². The Bertz CT molecular complexity index is 679. The first-order chi connectivity index (χ1) is 9.88. The number of hydrogen-bond donors (Lipinski definition) is 3. The minimum atomic E-state index is -0.362. The third-order valence-corrected chi connectivity index (χ3v) is 3.44. The molecule has 0 aliphatic carbocycles. The number of carbonyl (C=O) groups is 1. The monoisotopic (exact) mass is 285 g/mol. The number of anilines is 2. The lowest BCUT2D eigenvalue weighted by Crippen LogP contribution is -2.21. The molecule has 3 N–H and O–H groups in total. The number of aryl methyl sites for hydroxylation is 2. The van der Waals surface area contributed by atoms with E-state index < -0.39 is 0 Å². The molecule has 110 valence electrons. The predicted octanol–water partition coefficient (Wildman–Crippen LogP) is 3.66. The fourth-order valence-corrected chi connectivity index (χ4v) is 1.96. The van der Waals surface area contributed by atoms with Gasteiger partial charge in [0.05, 0.1) is 5.69 Å². The lowest BCUT2D eigenvalue weighted by Gasteiger charge is -2.13. The maximum atomic E-state index is 12.0. The summed E-state index contributed by atoms with van der Waals surface area (Å²) in [5, 5.41) is 15.3. The maximum absolute atomic E-state index is 12.0. The Morgan fingerprint density at radius 3 is 2.24 bits per heavy atom. The van der Waals surface area contributed by atoms with Crippen LogP contribution in [0.25, 0.3) is 0 Å². The summed E-state index contributed by atoms with van der Waals surface area (Å²) in [6.45, 7) is 7.29. The summed E-state index contributed by atoms with van der Waals surface area (Å²) < 4.78 is 0. The number of carbonyl (C=O) groups excluding carboxylic acids is 1. The molecule has 21 heavy (non-hydrogen) atoms. The molecule has 2 aromatic rings. The van der Waals surface area contributed by atoms with Gasteiger partial charge in [-0.1, -0.05) is 17.7 Å². The highest BCUT2D eigenvalue weighted by Gasteiger charge is 2.13. The first-order valence-corrected chi connectivity index (χ1v) is 6.70. The van der Waals surface area contributed by atoms with E-state index in [0.29, 0.717) is 22.8 Å². The van der Waals surface area contributed by atoms with Gasteiger partial charge in [-0.05, 0) is 51.0 Å². The Morgan fingerprint density at radius 1 is 1.00 bits per heavy atom. The Kier molecular flexibility index (Phi) is 4.12. The SMILES string of the molecule is Cc1ccc(NC(=O)Nc2nc(C)c(O)c(C)c2C)cc1. The Hall–Kier alpha value is -2.56. The largest absolute Gasteiger partial charge is 0.506 e. The molecule has 5 nitrogen and oxygen atoms in total. The van der Waals surface area contributed by atoms with E-state index in [-0.39, 0.29) is 11.8 Å². The molecule has 1 aromatic heterocycles. The van der Waals surface area contributed by atoms with E-state index >= 15 is 0 Å². The Labute approximate surface area is 124 Å². The first kappa shape index (κ1) is 14.8. The van der Waals surface area contributed by atoms with Crippen LogP contribution in [-0.2, 0) is 0 Å². The summed E-state index contributed by atoms with van der Waals surface area (Å²) in [6.07, 6.45) is 0. The van der Waals surface area contributed by atoms with E-state index in [1.165, 1.54) is 0 Å². The van der Waals surface area contributed by atoms with Gasteiger partial charge in [0.2, 0.25) is 0 Å². The van der Waals surface area contributed by atoms with Gasteiger partial charge in [0.15, 0.2) is 0 Å². The van der Waals surface area contributed by atoms with Crippen molar-refractivity contribution in [3.05, 3.63) is 46.6 Å². The van der Waals surface area contributed by atoms with Crippen LogP contribution in [0.1, 0.15) is 22.4 Å². The van der Waals surface area contributed by atoms with Crippen LogP contribution in [-0.4, -0.2) is 16.1 Å². The van der Waals surface area contributed by atoms with Crippen molar-refractivity contribution in [1.82, 2.24) is 4.98 Å². The molecule has 2 rings (SSSR count). The zero-order valence-electron chi connectivity index (χ0n) is 12.6. The summed E-state index contributed by atoms with van der Waals surface area (Å²) in [6, 6.07) is 7.16. The summed E-state index contributed by atoms with van der Waals surface area (Å²) in [5.74, 6) is 0.615. The predicted molar refractivity (Wildman–Crippen MR) is 83.9 cm³/mol. The zero-order chi connectivity index (χ0) is 15.6. The van der Waals surface area contributed by atoms with Crippen molar-refractivity contribution in [3.63, 3.8) is 0 Å². The molecule has 0 aliphatic heterocycles. The molecule has 0 atom stereocenters. The number of nitrogens with one attached hydrogen (secondary N) is 2. The fourth-order valence-electron chi connectivity index (χ4n) is 1.96. The first-order valence-electron chi connectivity index (χ1n) is 6.70. The molecule has 0 fully saturated rings. The highest BCUT2D eigenvalue weighted by molar-refractivity contribution is 5.99. The van der Waals surface area contributed by atoms with E-state index in [9.17, 15) is 9.90 Å². The van der Waals surface area contributed by atoms with Crippen LogP contribution in [0.3, 0.4) is 0 Å². The number of pyridine rings is 1. The van der Waals surface area contributed by atoms with Crippen LogP contribution in [0.2, 0.25) is 0 Å². The van der Waals surface area contributed by atoms with Crippen molar-refractivity contribution in [3.8, 4) is 5.75 Å². The van der Waals surface area contributed by atoms with Gasteiger partial charge < -0.3 is 10.4 Å². The Morgan fingerprint density at radius 2 is 1.62 bits per heavy atom. The summed E-state index contributed by atoms with van der Waals surface area (Å²) in [5.41, 5.74) is 3.79. The van der Waals surface area contributed by atoms with Crippen molar-refractivity contribution in [2.75, 3.05) is 10.6 Å². The zero-order valence-corrected chi connectivity index (χ0v) is 12.6. The standard InChI is InChI=1S/C16H19N3O2/c1-9-5-7-13(8-6-9)18-16(21)19-15-11(3)10(2)14(20)12(4)17-15/h5-8,20H,1-4H3,(H2,17,18,19,21). The molecule has 0 radical (unpaired) electrons. The fraction of sp³-hybridized carbons (Fsp3) is 0.250.